The van der Waals surface area contributed by atoms with Crippen LogP contribution in [-0.4, -0.2) is 32.8 Å². The van der Waals surface area contributed by atoms with E-state index in [1.165, 1.54) is 12.1 Å². The summed E-state index contributed by atoms with van der Waals surface area (Å²) in [7, 11) is 1.54. The van der Waals surface area contributed by atoms with Gasteiger partial charge in [-0.3, -0.25) is 0 Å². The van der Waals surface area contributed by atoms with E-state index in [0.29, 0.717) is 11.4 Å². The molecule has 0 bridgehead atoms. The molecule has 3 rings (SSSR count). The second-order valence-corrected chi connectivity index (χ2v) is 4.37. The molecule has 0 saturated carbocycles. The fourth-order valence-electron chi connectivity index (χ4n) is 2.12. The maximum atomic E-state index is 10.9. The van der Waals surface area contributed by atoms with Crippen LogP contribution in [0.25, 0.3) is 16.9 Å². The Balaban J connectivity index is 2.18. The molecule has 0 spiro atoms. The molecule has 106 valence electrons. The predicted octanol–water partition coefficient (Wildman–Crippen LogP) is 1.69. The third-order valence-electron chi connectivity index (χ3n) is 3.11. The molecule has 2 heterocycles. The number of ether oxygens (including phenoxy) is 1. The largest absolute Gasteiger partial charge is 0.493 e. The summed E-state index contributed by atoms with van der Waals surface area (Å²) in [5.74, 6) is -0.264. The van der Waals surface area contributed by atoms with E-state index in [9.17, 15) is 4.79 Å². The van der Waals surface area contributed by atoms with Gasteiger partial charge in [0.2, 0.25) is 5.95 Å². The number of fused-ring (bicyclic) bond motifs is 1. The number of aromatic carboxylic acids is 1. The number of rotatable bonds is 3. The summed E-state index contributed by atoms with van der Waals surface area (Å²) in [4.78, 5) is 15.0. The van der Waals surface area contributed by atoms with Gasteiger partial charge in [-0.1, -0.05) is 12.1 Å². The van der Waals surface area contributed by atoms with Gasteiger partial charge in [-0.05, 0) is 24.3 Å². The minimum Gasteiger partial charge on any atom is -0.493 e. The van der Waals surface area contributed by atoms with Gasteiger partial charge >= 0.3 is 5.97 Å². The van der Waals surface area contributed by atoms with Crippen molar-refractivity contribution in [3.05, 3.63) is 42.0 Å². The second-order valence-electron chi connectivity index (χ2n) is 4.37. The molecular weight excluding hydrogens is 272 g/mol. The molecule has 3 N–H and O–H groups in total. The van der Waals surface area contributed by atoms with E-state index in [0.717, 1.165) is 11.3 Å². The minimum atomic E-state index is -0.966. The number of nitrogens with two attached hydrogens (primary N) is 1. The molecule has 7 nitrogen and oxygen atoms in total. The van der Waals surface area contributed by atoms with E-state index in [2.05, 4.69) is 10.1 Å². The van der Waals surface area contributed by atoms with E-state index in [4.69, 9.17) is 15.6 Å². The number of anilines is 1. The zero-order valence-corrected chi connectivity index (χ0v) is 11.1. The van der Waals surface area contributed by atoms with Crippen LogP contribution in [-0.2, 0) is 0 Å². The molecule has 7 heteroatoms. The summed E-state index contributed by atoms with van der Waals surface area (Å²) in [5.41, 5.74) is 7.93. The van der Waals surface area contributed by atoms with E-state index >= 15 is 0 Å². The highest BCUT2D eigenvalue weighted by atomic mass is 16.5. The summed E-state index contributed by atoms with van der Waals surface area (Å²) >= 11 is 0. The minimum absolute atomic E-state index is 0.142. The zero-order chi connectivity index (χ0) is 15.0. The number of pyridine rings is 1. The Bertz CT molecular complexity index is 824. The molecule has 0 aliphatic rings. The van der Waals surface area contributed by atoms with E-state index in [-0.39, 0.29) is 11.5 Å². The standard InChI is InChI=1S/C14H12N4O3/c1-21-11-7-6-10(18-12(11)16-14(15)17-18)8-2-4-9(5-3-8)13(19)20/h2-7H,1H3,(H2,15,17)(H,19,20). The van der Waals surface area contributed by atoms with Crippen LogP contribution in [0.3, 0.4) is 0 Å². The summed E-state index contributed by atoms with van der Waals surface area (Å²) in [6, 6.07) is 10.1. The Morgan fingerprint density at radius 2 is 1.95 bits per heavy atom. The number of nitrogens with zero attached hydrogens (tertiary/aromatic N) is 3. The van der Waals surface area contributed by atoms with Crippen LogP contribution in [0.5, 0.6) is 5.75 Å². The van der Waals surface area contributed by atoms with Crippen molar-refractivity contribution in [2.75, 3.05) is 12.8 Å². The van der Waals surface area contributed by atoms with Crippen LogP contribution < -0.4 is 10.5 Å². The fourth-order valence-corrected chi connectivity index (χ4v) is 2.12. The molecule has 0 amide bonds. The van der Waals surface area contributed by atoms with Crippen molar-refractivity contribution < 1.29 is 14.6 Å². The van der Waals surface area contributed by atoms with Gasteiger partial charge in [0.15, 0.2) is 11.4 Å². The van der Waals surface area contributed by atoms with Crippen LogP contribution in [0, 0.1) is 0 Å². The zero-order valence-electron chi connectivity index (χ0n) is 11.1. The molecule has 2 aromatic heterocycles. The van der Waals surface area contributed by atoms with Gasteiger partial charge in [-0.2, -0.15) is 4.98 Å². The van der Waals surface area contributed by atoms with Crippen molar-refractivity contribution in [3.63, 3.8) is 0 Å². The molecular formula is C14H12N4O3. The molecule has 0 radical (unpaired) electrons. The molecule has 1 aromatic carbocycles. The number of aromatic nitrogens is 3. The number of carboxylic acids is 1. The van der Waals surface area contributed by atoms with E-state index in [1.807, 2.05) is 6.07 Å². The highest BCUT2D eigenvalue weighted by Gasteiger charge is 2.12. The van der Waals surface area contributed by atoms with Crippen molar-refractivity contribution in [2.45, 2.75) is 0 Å². The summed E-state index contributed by atoms with van der Waals surface area (Å²) in [5, 5.41) is 13.1. The fraction of sp³-hybridized carbons (Fsp3) is 0.0714. The third kappa shape index (κ3) is 2.14. The Morgan fingerprint density at radius 3 is 2.57 bits per heavy atom. The Labute approximate surface area is 119 Å². The van der Waals surface area contributed by atoms with Crippen molar-refractivity contribution in [1.29, 1.82) is 0 Å². The number of nitrogen functional groups attached to an aromatic ring is 1. The van der Waals surface area contributed by atoms with Gasteiger partial charge in [0.25, 0.3) is 0 Å². The number of carbonyl (C=O) groups is 1. The summed E-state index contributed by atoms with van der Waals surface area (Å²) < 4.78 is 6.80. The Hall–Kier alpha value is -3.09. The molecule has 0 unspecified atom stereocenters. The summed E-state index contributed by atoms with van der Waals surface area (Å²) in [6.45, 7) is 0. The van der Waals surface area contributed by atoms with Crippen LogP contribution in [0.2, 0.25) is 0 Å². The van der Waals surface area contributed by atoms with Crippen molar-refractivity contribution >= 4 is 17.6 Å². The number of hydrogen-bond acceptors (Lipinski definition) is 5. The predicted molar refractivity (Wildman–Crippen MR) is 76.3 cm³/mol. The van der Waals surface area contributed by atoms with Crippen LogP contribution in [0.1, 0.15) is 10.4 Å². The monoisotopic (exact) mass is 284 g/mol. The van der Waals surface area contributed by atoms with Crippen molar-refractivity contribution in [2.24, 2.45) is 0 Å². The lowest BCUT2D eigenvalue weighted by molar-refractivity contribution is 0.0697. The number of carboxylic acid groups (broad SMARTS) is 1. The molecule has 0 saturated heterocycles. The van der Waals surface area contributed by atoms with Gasteiger partial charge in [-0.25, -0.2) is 9.31 Å². The lowest BCUT2D eigenvalue weighted by Gasteiger charge is -2.07. The Morgan fingerprint density at radius 1 is 1.24 bits per heavy atom. The first-order chi connectivity index (χ1) is 10.1. The number of benzene rings is 1. The van der Waals surface area contributed by atoms with Crippen LogP contribution >= 0.6 is 0 Å². The number of methoxy groups -OCH3 is 1. The first-order valence-corrected chi connectivity index (χ1v) is 6.13. The number of hydrogen-bond donors (Lipinski definition) is 2. The lowest BCUT2D eigenvalue weighted by Crippen LogP contribution is -1.99. The molecule has 0 aliphatic carbocycles. The first kappa shape index (κ1) is 12.9. The molecule has 3 aromatic rings. The van der Waals surface area contributed by atoms with Gasteiger partial charge in [-0.15, -0.1) is 5.10 Å². The quantitative estimate of drug-likeness (QED) is 0.758. The average Bonchev–Trinajstić information content (AvgIpc) is 2.87. The van der Waals surface area contributed by atoms with E-state index < -0.39 is 5.97 Å². The normalized spacial score (nSPS) is 10.7. The molecule has 0 aliphatic heterocycles. The molecule has 21 heavy (non-hydrogen) atoms. The van der Waals surface area contributed by atoms with Gasteiger partial charge in [0.05, 0.1) is 18.4 Å². The maximum Gasteiger partial charge on any atom is 0.335 e. The lowest BCUT2D eigenvalue weighted by atomic mass is 10.1. The molecule has 0 fully saturated rings. The van der Waals surface area contributed by atoms with Crippen LogP contribution in [0.15, 0.2) is 36.4 Å². The smallest absolute Gasteiger partial charge is 0.335 e. The average molecular weight is 284 g/mol. The summed E-state index contributed by atoms with van der Waals surface area (Å²) in [6.07, 6.45) is 0. The Kier molecular flexibility index (Phi) is 2.94. The van der Waals surface area contributed by atoms with E-state index in [1.54, 1.807) is 29.8 Å². The maximum absolute atomic E-state index is 10.9. The SMILES string of the molecule is COc1ccc(-c2ccc(C(=O)O)cc2)n2nc(N)nc12. The topological polar surface area (TPSA) is 103 Å². The van der Waals surface area contributed by atoms with Crippen molar-refractivity contribution in [3.8, 4) is 17.0 Å². The highest BCUT2D eigenvalue weighted by Crippen LogP contribution is 2.26. The van der Waals surface area contributed by atoms with Crippen LogP contribution in [0.4, 0.5) is 5.95 Å². The van der Waals surface area contributed by atoms with Gasteiger partial charge in [0.1, 0.15) is 0 Å². The molecule has 0 atom stereocenters. The second kappa shape index (κ2) is 4.78. The van der Waals surface area contributed by atoms with Gasteiger partial charge in [0, 0.05) is 5.56 Å². The van der Waals surface area contributed by atoms with Crippen molar-refractivity contribution in [1.82, 2.24) is 14.6 Å². The first-order valence-electron chi connectivity index (χ1n) is 6.13. The highest BCUT2D eigenvalue weighted by molar-refractivity contribution is 5.88. The third-order valence-corrected chi connectivity index (χ3v) is 3.11. The van der Waals surface area contributed by atoms with Gasteiger partial charge < -0.3 is 15.6 Å².